The second-order valence-electron chi connectivity index (χ2n) is 11.0. The number of methoxy groups -OCH3 is 1. The van der Waals surface area contributed by atoms with Crippen LogP contribution in [-0.4, -0.2) is 13.2 Å². The minimum atomic E-state index is 0.290. The van der Waals surface area contributed by atoms with Crippen LogP contribution < -0.4 is 15.4 Å². The van der Waals surface area contributed by atoms with Gasteiger partial charge in [0.25, 0.3) is 0 Å². The zero-order valence-electron chi connectivity index (χ0n) is 21.2. The fourth-order valence-electron chi connectivity index (χ4n) is 7.42. The first-order valence-corrected chi connectivity index (χ1v) is 13.2. The lowest BCUT2D eigenvalue weighted by Gasteiger charge is -2.48. The topological polar surface area (TPSA) is 44.5 Å². The summed E-state index contributed by atoms with van der Waals surface area (Å²) >= 11 is 0. The van der Waals surface area contributed by atoms with Crippen molar-refractivity contribution in [2.75, 3.05) is 7.11 Å². The molecule has 2 saturated carbocycles. The number of rotatable bonds is 2. The fourth-order valence-corrected chi connectivity index (χ4v) is 7.42. The molecule has 3 nitrogen and oxygen atoms in total. The Morgan fingerprint density at radius 3 is 2.63 bits per heavy atom. The van der Waals surface area contributed by atoms with E-state index in [2.05, 4.69) is 30.1 Å². The van der Waals surface area contributed by atoms with Gasteiger partial charge >= 0.3 is 0 Å². The third-order valence-electron chi connectivity index (χ3n) is 9.48. The number of halogens is 1. The molecule has 35 heavy (non-hydrogen) atoms. The van der Waals surface area contributed by atoms with Crippen molar-refractivity contribution in [2.45, 2.75) is 70.8 Å². The van der Waals surface area contributed by atoms with E-state index in [9.17, 15) is 4.53 Å². The Labute approximate surface area is 208 Å². The van der Waals surface area contributed by atoms with E-state index in [4.69, 9.17) is 10.5 Å². The first kappa shape index (κ1) is 24.1. The summed E-state index contributed by atoms with van der Waals surface area (Å²) in [6.07, 6.45) is 9.15. The maximum absolute atomic E-state index is 12.0. The van der Waals surface area contributed by atoms with Crippen LogP contribution in [0.1, 0.15) is 68.1 Å². The van der Waals surface area contributed by atoms with Gasteiger partial charge in [-0.1, -0.05) is 43.3 Å². The number of hydrogen-bond acceptors (Lipinski definition) is 3. The molecule has 5 atom stereocenters. The van der Waals surface area contributed by atoms with Crippen molar-refractivity contribution < 1.29 is 14.2 Å². The molecular weight excluding hydrogens is 437 g/mol. The van der Waals surface area contributed by atoms with Gasteiger partial charge in [-0.2, -0.15) is 0 Å². The van der Waals surface area contributed by atoms with Crippen molar-refractivity contribution in [2.24, 2.45) is 23.0 Å². The highest BCUT2D eigenvalue weighted by atomic mass is 19.3. The van der Waals surface area contributed by atoms with E-state index in [0.717, 1.165) is 39.8 Å². The normalized spacial score (nSPS) is 29.2. The van der Waals surface area contributed by atoms with Crippen LogP contribution in [0.3, 0.4) is 0 Å². The highest BCUT2D eigenvalue weighted by Gasteiger charge is 2.53. The van der Waals surface area contributed by atoms with E-state index in [1.54, 1.807) is 18.7 Å². The number of ether oxygens (including phenoxy) is 1. The number of fused-ring (bicyclic) bond motifs is 6. The molecule has 0 saturated heterocycles. The van der Waals surface area contributed by atoms with Crippen LogP contribution in [0.2, 0.25) is 0 Å². The largest absolute Gasteiger partial charge is 0.497 e. The molecule has 3 aromatic rings. The SMILES string of the molecule is COc1ccc2c(c1)CCCC1C2CCC2(C)C(N)CCC12.Cc1c(OF)ccc2ccccc12. The van der Waals surface area contributed by atoms with Crippen molar-refractivity contribution >= 4 is 10.8 Å². The van der Waals surface area contributed by atoms with E-state index >= 15 is 0 Å². The lowest BCUT2D eigenvalue weighted by Crippen LogP contribution is -2.45. The fraction of sp³-hybridized carbons (Fsp3) is 0.484. The van der Waals surface area contributed by atoms with E-state index in [-0.39, 0.29) is 0 Å². The average Bonchev–Trinajstić information content (AvgIpc) is 3.07. The van der Waals surface area contributed by atoms with Crippen molar-refractivity contribution in [1.29, 1.82) is 0 Å². The molecule has 2 N–H and O–H groups in total. The summed E-state index contributed by atoms with van der Waals surface area (Å²) in [4.78, 5) is 3.75. The summed E-state index contributed by atoms with van der Waals surface area (Å²) in [5, 5.41) is 2.12. The summed E-state index contributed by atoms with van der Waals surface area (Å²) in [6.45, 7) is 4.32. The lowest BCUT2D eigenvalue weighted by molar-refractivity contribution is -0.00681. The van der Waals surface area contributed by atoms with Gasteiger partial charge in [0, 0.05) is 16.1 Å². The Bertz CT molecular complexity index is 1190. The Hall–Kier alpha value is -2.59. The van der Waals surface area contributed by atoms with Crippen LogP contribution in [0.25, 0.3) is 10.8 Å². The molecule has 186 valence electrons. The molecule has 5 unspecified atom stereocenters. The molecule has 0 bridgehead atoms. The van der Waals surface area contributed by atoms with E-state index in [1.165, 1.54) is 50.5 Å². The monoisotopic (exact) mass is 475 g/mol. The predicted octanol–water partition coefficient (Wildman–Crippen LogP) is 7.68. The molecule has 4 heteroatoms. The number of nitrogens with two attached hydrogens (primary N) is 1. The van der Waals surface area contributed by atoms with Crippen molar-refractivity contribution in [3.8, 4) is 11.5 Å². The zero-order valence-corrected chi connectivity index (χ0v) is 21.2. The summed E-state index contributed by atoms with van der Waals surface area (Å²) < 4.78 is 17.5. The Kier molecular flexibility index (Phi) is 6.76. The first-order chi connectivity index (χ1) is 17.0. The maximum Gasteiger partial charge on any atom is 0.175 e. The van der Waals surface area contributed by atoms with Crippen LogP contribution in [0.5, 0.6) is 11.5 Å². The highest BCUT2D eigenvalue weighted by Crippen LogP contribution is 2.60. The quantitative estimate of drug-likeness (QED) is 0.413. The highest BCUT2D eigenvalue weighted by molar-refractivity contribution is 5.87. The Morgan fingerprint density at radius 1 is 1.00 bits per heavy atom. The molecule has 0 heterocycles. The number of benzene rings is 3. The van der Waals surface area contributed by atoms with Crippen LogP contribution in [0, 0.1) is 24.2 Å². The number of aryl methyl sites for hydroxylation is 2. The Morgan fingerprint density at radius 2 is 1.83 bits per heavy atom. The summed E-state index contributed by atoms with van der Waals surface area (Å²) in [6, 6.07) is 18.5. The molecule has 0 aromatic heterocycles. The van der Waals surface area contributed by atoms with Crippen LogP contribution >= 0.6 is 0 Å². The number of hydrogen-bond donors (Lipinski definition) is 1. The average molecular weight is 476 g/mol. The molecule has 0 aliphatic heterocycles. The van der Waals surface area contributed by atoms with Gasteiger partial charge in [-0.3, -0.25) is 4.94 Å². The molecule has 0 spiro atoms. The standard InChI is InChI=1S/C20H29NO.C11H9FO/c1-20-11-10-16-15-7-6-14(22-2)12-13(15)4-3-5-17(16)18(20)8-9-19(20)21;1-8-10-5-3-2-4-9(10)6-7-11(8)13-12/h6-7,12,16-19H,3-5,8-11,21H2,1-2H3;2-7H,1H3. The van der Waals surface area contributed by atoms with E-state index < -0.39 is 0 Å². The Balaban J connectivity index is 0.000000166. The third-order valence-corrected chi connectivity index (χ3v) is 9.48. The molecule has 0 amide bonds. The lowest BCUT2D eigenvalue weighted by atomic mass is 9.57. The molecule has 2 fully saturated rings. The smallest absolute Gasteiger partial charge is 0.175 e. The molecule has 3 aromatic carbocycles. The minimum absolute atomic E-state index is 0.290. The maximum atomic E-state index is 12.0. The van der Waals surface area contributed by atoms with Gasteiger partial charge in [0.2, 0.25) is 0 Å². The van der Waals surface area contributed by atoms with E-state index in [1.807, 2.05) is 37.3 Å². The predicted molar refractivity (Wildman–Crippen MR) is 141 cm³/mol. The van der Waals surface area contributed by atoms with Crippen molar-refractivity contribution in [3.63, 3.8) is 0 Å². The van der Waals surface area contributed by atoms with E-state index in [0.29, 0.717) is 17.2 Å². The summed E-state index contributed by atoms with van der Waals surface area (Å²) in [5.41, 5.74) is 10.9. The van der Waals surface area contributed by atoms with Gasteiger partial charge in [-0.25, -0.2) is 0 Å². The second kappa shape index (κ2) is 9.81. The van der Waals surface area contributed by atoms with Gasteiger partial charge in [-0.05, 0) is 115 Å². The van der Waals surface area contributed by atoms with Gasteiger partial charge in [0.15, 0.2) is 5.75 Å². The van der Waals surface area contributed by atoms with Gasteiger partial charge in [-0.15, -0.1) is 0 Å². The van der Waals surface area contributed by atoms with Crippen LogP contribution in [0.4, 0.5) is 4.53 Å². The first-order valence-electron chi connectivity index (χ1n) is 13.2. The van der Waals surface area contributed by atoms with Crippen LogP contribution in [-0.2, 0) is 6.42 Å². The molecule has 3 aliphatic rings. The zero-order chi connectivity index (χ0) is 24.6. The molecule has 6 rings (SSSR count). The van der Waals surface area contributed by atoms with Crippen molar-refractivity contribution in [3.05, 3.63) is 71.3 Å². The second-order valence-corrected chi connectivity index (χ2v) is 11.0. The summed E-state index contributed by atoms with van der Waals surface area (Å²) in [7, 11) is 1.77. The van der Waals surface area contributed by atoms with Gasteiger partial charge < -0.3 is 10.5 Å². The van der Waals surface area contributed by atoms with Gasteiger partial charge in [0.1, 0.15) is 5.75 Å². The minimum Gasteiger partial charge on any atom is -0.497 e. The third kappa shape index (κ3) is 4.31. The molecular formula is C31H38FNO2. The molecule has 0 radical (unpaired) electrons. The van der Waals surface area contributed by atoms with Gasteiger partial charge in [0.05, 0.1) is 7.11 Å². The van der Waals surface area contributed by atoms with Crippen LogP contribution in [0.15, 0.2) is 54.6 Å². The van der Waals surface area contributed by atoms with Crippen molar-refractivity contribution in [1.82, 2.24) is 0 Å². The summed E-state index contributed by atoms with van der Waals surface area (Å²) in [5.74, 6) is 3.75. The molecule has 3 aliphatic carbocycles.